The number of carbonyl (C=O) groups is 2. The molecule has 0 aliphatic carbocycles. The molecule has 1 aliphatic rings. The van der Waals surface area contributed by atoms with Crippen LogP contribution < -0.4 is 5.32 Å². The fourth-order valence-electron chi connectivity index (χ4n) is 2.79. The lowest BCUT2D eigenvalue weighted by Crippen LogP contribution is -2.41. The van der Waals surface area contributed by atoms with Crippen molar-refractivity contribution in [2.24, 2.45) is 0 Å². The van der Waals surface area contributed by atoms with Crippen LogP contribution in [0.2, 0.25) is 0 Å². The van der Waals surface area contributed by atoms with Crippen LogP contribution in [0.15, 0.2) is 54.6 Å². The molecule has 2 aromatic carbocycles. The number of rotatable bonds is 5. The summed E-state index contributed by atoms with van der Waals surface area (Å²) in [7, 11) is 0. The molecule has 0 aromatic heterocycles. The summed E-state index contributed by atoms with van der Waals surface area (Å²) in [5, 5.41) is 2.40. The molecule has 1 saturated heterocycles. The minimum atomic E-state index is -0.771. The lowest BCUT2D eigenvalue weighted by atomic mass is 10.2. The molecule has 162 valence electrons. The zero-order chi connectivity index (χ0) is 21.8. The van der Waals surface area contributed by atoms with E-state index in [1.807, 2.05) is 37.3 Å². The average Bonchev–Trinajstić information content (AvgIpc) is 2.80. The Bertz CT molecular complexity index is 748. The molecule has 3 atom stereocenters. The van der Waals surface area contributed by atoms with Crippen molar-refractivity contribution in [1.82, 2.24) is 5.32 Å². The van der Waals surface area contributed by atoms with Crippen LogP contribution in [0.25, 0.3) is 0 Å². The van der Waals surface area contributed by atoms with Gasteiger partial charge in [-0.2, -0.15) is 0 Å². The first kappa shape index (κ1) is 23.5. The lowest BCUT2D eigenvalue weighted by molar-refractivity contribution is -0.152. The number of nitrogens with one attached hydrogen (secondary N) is 1. The summed E-state index contributed by atoms with van der Waals surface area (Å²) in [6.45, 7) is 4.64. The van der Waals surface area contributed by atoms with Crippen LogP contribution >= 0.6 is 0 Å². The predicted molar refractivity (Wildman–Crippen MR) is 110 cm³/mol. The summed E-state index contributed by atoms with van der Waals surface area (Å²) >= 11 is 0. The van der Waals surface area contributed by atoms with Crippen molar-refractivity contribution in [3.63, 3.8) is 0 Å². The smallest absolute Gasteiger partial charge is 0.331 e. The second-order valence-electron chi connectivity index (χ2n) is 7.07. The third kappa shape index (κ3) is 8.71. The minimum absolute atomic E-state index is 0.0789. The third-order valence-corrected chi connectivity index (χ3v) is 4.39. The highest BCUT2D eigenvalue weighted by Gasteiger charge is 2.26. The van der Waals surface area contributed by atoms with Gasteiger partial charge in [0.25, 0.3) is 0 Å². The molecule has 0 spiro atoms. The molecule has 3 rings (SSSR count). The number of hydrogen-bond acceptors (Lipinski definition) is 5. The number of aryl methyl sites for hydroxylation is 1. The number of hydrogen-bond donors (Lipinski definition) is 1. The Balaban J connectivity index is 0.000000335. The first-order valence-corrected chi connectivity index (χ1v) is 9.83. The number of carbonyl (C=O) groups excluding carboxylic acids is 2. The topological polar surface area (TPSA) is 73.9 Å². The van der Waals surface area contributed by atoms with Gasteiger partial charge in [-0.25, -0.2) is 9.18 Å². The number of esters is 1. The van der Waals surface area contributed by atoms with E-state index in [1.54, 1.807) is 19.1 Å². The van der Waals surface area contributed by atoms with E-state index in [0.717, 1.165) is 11.1 Å². The van der Waals surface area contributed by atoms with Crippen LogP contribution in [-0.4, -0.2) is 43.8 Å². The van der Waals surface area contributed by atoms with E-state index in [2.05, 4.69) is 5.32 Å². The number of cyclic esters (lactones) is 1. The van der Waals surface area contributed by atoms with Gasteiger partial charge < -0.3 is 19.5 Å². The van der Waals surface area contributed by atoms with Gasteiger partial charge in [-0.1, -0.05) is 48.0 Å². The Morgan fingerprint density at radius 2 is 1.83 bits per heavy atom. The van der Waals surface area contributed by atoms with Crippen LogP contribution in [-0.2, 0) is 30.4 Å². The Labute approximate surface area is 176 Å². The average molecular weight is 417 g/mol. The second-order valence-corrected chi connectivity index (χ2v) is 7.07. The van der Waals surface area contributed by atoms with E-state index in [1.165, 1.54) is 12.1 Å². The van der Waals surface area contributed by atoms with Crippen LogP contribution in [0.5, 0.6) is 0 Å². The highest BCUT2D eigenvalue weighted by atomic mass is 19.1. The molecule has 0 saturated carbocycles. The van der Waals surface area contributed by atoms with Crippen molar-refractivity contribution < 1.29 is 28.2 Å². The summed E-state index contributed by atoms with van der Waals surface area (Å²) in [4.78, 5) is 22.4. The van der Waals surface area contributed by atoms with Crippen molar-refractivity contribution in [3.05, 3.63) is 71.5 Å². The monoisotopic (exact) mass is 417 g/mol. The van der Waals surface area contributed by atoms with Gasteiger partial charge in [-0.3, -0.25) is 4.79 Å². The zero-order valence-electron chi connectivity index (χ0n) is 17.3. The van der Waals surface area contributed by atoms with Crippen molar-refractivity contribution in [3.8, 4) is 0 Å². The molecule has 30 heavy (non-hydrogen) atoms. The van der Waals surface area contributed by atoms with Gasteiger partial charge in [-0.05, 0) is 31.5 Å². The quantitative estimate of drug-likeness (QED) is 0.598. The Morgan fingerprint density at radius 3 is 2.47 bits per heavy atom. The molecule has 0 radical (unpaired) electrons. The maximum atomic E-state index is 12.1. The third-order valence-electron chi connectivity index (χ3n) is 4.39. The first-order chi connectivity index (χ1) is 14.5. The first-order valence-electron chi connectivity index (χ1n) is 9.83. The van der Waals surface area contributed by atoms with Crippen LogP contribution in [0.1, 0.15) is 24.5 Å². The van der Waals surface area contributed by atoms with Crippen molar-refractivity contribution in [2.45, 2.75) is 45.1 Å². The predicted octanol–water partition coefficient (Wildman–Crippen LogP) is 3.17. The minimum Gasteiger partial charge on any atom is -0.461 e. The molecule has 1 fully saturated rings. The normalized spacial score (nSPS) is 21.7. The van der Waals surface area contributed by atoms with Gasteiger partial charge in [0.2, 0.25) is 6.41 Å². The molecule has 2 unspecified atom stereocenters. The summed E-state index contributed by atoms with van der Waals surface area (Å²) in [5.74, 6) is -0.654. The molecular formula is C23H28FNO5. The molecule has 6 nitrogen and oxygen atoms in total. The van der Waals surface area contributed by atoms with Crippen molar-refractivity contribution >= 4 is 12.4 Å². The van der Waals surface area contributed by atoms with Gasteiger partial charge in [0, 0.05) is 6.42 Å². The van der Waals surface area contributed by atoms with Crippen molar-refractivity contribution in [2.75, 3.05) is 13.2 Å². The van der Waals surface area contributed by atoms with Gasteiger partial charge in [0.15, 0.2) is 6.04 Å². The Kier molecular flexibility index (Phi) is 9.97. The van der Waals surface area contributed by atoms with Gasteiger partial charge in [-0.15, -0.1) is 0 Å². The van der Waals surface area contributed by atoms with E-state index in [0.29, 0.717) is 26.0 Å². The summed E-state index contributed by atoms with van der Waals surface area (Å²) < 4.78 is 28.7. The molecule has 1 aliphatic heterocycles. The summed E-state index contributed by atoms with van der Waals surface area (Å²) in [6.07, 6.45) is 0.553. The standard InChI is InChI=1S/C16H21NO5.C7H7F/c1-12-7-14(21-8-13-5-3-2-4-6-13)9-20-10-15(17-11-18)16(19)22-12;1-6-2-4-7(8)5-3-6/h2-6,11-12,14-15H,7-10H2,1H3,(H,17,18);2-5H,1H3/t12?,14?,15-;/m0./s1. The van der Waals surface area contributed by atoms with E-state index >= 15 is 0 Å². The van der Waals surface area contributed by atoms with Crippen LogP contribution in [0.4, 0.5) is 4.39 Å². The number of benzene rings is 2. The van der Waals surface area contributed by atoms with Crippen LogP contribution in [0.3, 0.4) is 0 Å². The fraction of sp³-hybridized carbons (Fsp3) is 0.391. The maximum absolute atomic E-state index is 12.1. The lowest BCUT2D eigenvalue weighted by Gasteiger charge is -2.20. The molecule has 2 aromatic rings. The number of amides is 1. The molecule has 1 heterocycles. The second kappa shape index (κ2) is 12.7. The maximum Gasteiger partial charge on any atom is 0.331 e. The molecule has 0 bridgehead atoms. The molecule has 1 amide bonds. The highest BCUT2D eigenvalue weighted by Crippen LogP contribution is 2.13. The van der Waals surface area contributed by atoms with E-state index in [9.17, 15) is 14.0 Å². The van der Waals surface area contributed by atoms with E-state index < -0.39 is 12.0 Å². The Hall–Kier alpha value is -2.77. The zero-order valence-corrected chi connectivity index (χ0v) is 17.3. The number of halogens is 1. The molecule has 7 heteroatoms. The largest absolute Gasteiger partial charge is 0.461 e. The Morgan fingerprint density at radius 1 is 1.13 bits per heavy atom. The van der Waals surface area contributed by atoms with Gasteiger partial charge in [0.1, 0.15) is 11.9 Å². The summed E-state index contributed by atoms with van der Waals surface area (Å²) in [5.41, 5.74) is 2.17. The summed E-state index contributed by atoms with van der Waals surface area (Å²) in [6, 6.07) is 15.5. The SMILES string of the molecule is CC1CC(OCc2ccccc2)COC[C@H](NC=O)C(=O)O1.Cc1ccc(F)cc1. The van der Waals surface area contributed by atoms with E-state index in [4.69, 9.17) is 14.2 Å². The van der Waals surface area contributed by atoms with E-state index in [-0.39, 0.29) is 24.6 Å². The number of ether oxygens (including phenoxy) is 3. The fourth-order valence-corrected chi connectivity index (χ4v) is 2.79. The highest BCUT2D eigenvalue weighted by molar-refractivity contribution is 5.78. The van der Waals surface area contributed by atoms with Crippen LogP contribution in [0, 0.1) is 12.7 Å². The molecule has 1 N–H and O–H groups in total. The van der Waals surface area contributed by atoms with Crippen molar-refractivity contribution in [1.29, 1.82) is 0 Å². The molecular weight excluding hydrogens is 389 g/mol. The van der Waals surface area contributed by atoms with Gasteiger partial charge >= 0.3 is 5.97 Å². The van der Waals surface area contributed by atoms with Gasteiger partial charge in [0.05, 0.1) is 25.9 Å².